The Morgan fingerprint density at radius 2 is 1.77 bits per heavy atom. The zero-order valence-corrected chi connectivity index (χ0v) is 16.6. The minimum atomic E-state index is 0.0637. The SMILES string of the molecule is O=C(c1cccc(Oc2ccccn2)c1)N1C2CCC1CC(Oc1cccnc1)C2. The average molecular weight is 401 g/mol. The summed E-state index contributed by atoms with van der Waals surface area (Å²) in [5.74, 6) is 1.98. The van der Waals surface area contributed by atoms with Crippen LogP contribution in [0.3, 0.4) is 0 Å². The summed E-state index contributed by atoms with van der Waals surface area (Å²) in [7, 11) is 0. The van der Waals surface area contributed by atoms with E-state index in [-0.39, 0.29) is 24.1 Å². The molecule has 0 spiro atoms. The Balaban J connectivity index is 1.28. The fraction of sp³-hybridized carbons (Fsp3) is 0.292. The molecule has 2 bridgehead atoms. The van der Waals surface area contributed by atoms with E-state index < -0.39 is 0 Å². The number of aromatic nitrogens is 2. The molecule has 2 aliphatic heterocycles. The minimum Gasteiger partial charge on any atom is -0.489 e. The number of rotatable bonds is 5. The van der Waals surface area contributed by atoms with Crippen LogP contribution in [0.4, 0.5) is 0 Å². The number of amides is 1. The van der Waals surface area contributed by atoms with E-state index >= 15 is 0 Å². The van der Waals surface area contributed by atoms with E-state index in [0.717, 1.165) is 31.4 Å². The van der Waals surface area contributed by atoms with Gasteiger partial charge in [0.2, 0.25) is 5.88 Å². The molecule has 2 aromatic heterocycles. The van der Waals surface area contributed by atoms with Gasteiger partial charge in [-0.2, -0.15) is 0 Å². The van der Waals surface area contributed by atoms with E-state index in [2.05, 4.69) is 14.9 Å². The van der Waals surface area contributed by atoms with Crippen LogP contribution >= 0.6 is 0 Å². The molecule has 2 atom stereocenters. The van der Waals surface area contributed by atoms with Gasteiger partial charge in [0.1, 0.15) is 17.6 Å². The Morgan fingerprint density at radius 3 is 2.50 bits per heavy atom. The van der Waals surface area contributed by atoms with Gasteiger partial charge in [0.15, 0.2) is 0 Å². The smallest absolute Gasteiger partial charge is 0.254 e. The topological polar surface area (TPSA) is 64.5 Å². The molecule has 2 unspecified atom stereocenters. The highest BCUT2D eigenvalue weighted by Gasteiger charge is 2.44. The fourth-order valence-electron chi connectivity index (χ4n) is 4.53. The van der Waals surface area contributed by atoms with E-state index in [1.54, 1.807) is 30.7 Å². The number of fused-ring (bicyclic) bond motifs is 2. The van der Waals surface area contributed by atoms with Crippen molar-refractivity contribution in [3.05, 3.63) is 78.8 Å². The monoisotopic (exact) mass is 401 g/mol. The van der Waals surface area contributed by atoms with Crippen LogP contribution in [0.25, 0.3) is 0 Å². The standard InChI is InChI=1S/C24H23N3O3/c28-24(17-5-3-6-20(13-17)30-23-8-1-2-12-26-23)27-18-9-10-19(27)15-22(14-18)29-21-7-4-11-25-16-21/h1-8,11-13,16,18-19,22H,9-10,14-15H2. The van der Waals surface area contributed by atoms with Crippen LogP contribution in [0, 0.1) is 0 Å². The number of hydrogen-bond acceptors (Lipinski definition) is 5. The lowest BCUT2D eigenvalue weighted by Crippen LogP contribution is -2.49. The molecule has 30 heavy (non-hydrogen) atoms. The summed E-state index contributed by atoms with van der Waals surface area (Å²) in [6.07, 6.45) is 9.02. The molecule has 152 valence electrons. The third-order valence-electron chi connectivity index (χ3n) is 5.80. The Labute approximate surface area is 175 Å². The van der Waals surface area contributed by atoms with Crippen molar-refractivity contribution in [2.75, 3.05) is 0 Å². The summed E-state index contributed by atoms with van der Waals surface area (Å²) in [6.45, 7) is 0. The maximum atomic E-state index is 13.3. The number of piperidine rings is 1. The second kappa shape index (κ2) is 8.14. The largest absolute Gasteiger partial charge is 0.489 e. The van der Waals surface area contributed by atoms with Gasteiger partial charge in [-0.25, -0.2) is 4.98 Å². The number of carbonyl (C=O) groups excluding carboxylic acids is 1. The van der Waals surface area contributed by atoms with Crippen LogP contribution in [0.1, 0.15) is 36.0 Å². The van der Waals surface area contributed by atoms with Crippen molar-refractivity contribution in [2.45, 2.75) is 43.9 Å². The molecule has 0 aliphatic carbocycles. The molecule has 6 heteroatoms. The third kappa shape index (κ3) is 3.85. The van der Waals surface area contributed by atoms with Crippen LogP contribution in [0.5, 0.6) is 17.4 Å². The maximum Gasteiger partial charge on any atom is 0.254 e. The lowest BCUT2D eigenvalue weighted by Gasteiger charge is -2.39. The summed E-state index contributed by atoms with van der Waals surface area (Å²) < 4.78 is 11.9. The number of carbonyl (C=O) groups is 1. The molecular formula is C24H23N3O3. The van der Waals surface area contributed by atoms with Crippen LogP contribution in [-0.4, -0.2) is 39.0 Å². The van der Waals surface area contributed by atoms with Crippen LogP contribution in [-0.2, 0) is 0 Å². The van der Waals surface area contributed by atoms with Crippen molar-refractivity contribution < 1.29 is 14.3 Å². The van der Waals surface area contributed by atoms with Gasteiger partial charge in [-0.1, -0.05) is 12.1 Å². The Hall–Kier alpha value is -3.41. The van der Waals surface area contributed by atoms with Gasteiger partial charge in [0, 0.05) is 48.9 Å². The second-order valence-corrected chi connectivity index (χ2v) is 7.80. The Bertz CT molecular complexity index is 998. The normalized spacial score (nSPS) is 22.5. The number of benzene rings is 1. The van der Waals surface area contributed by atoms with Gasteiger partial charge in [0.05, 0.1) is 6.20 Å². The molecule has 0 N–H and O–H groups in total. The number of nitrogens with zero attached hydrogens (tertiary/aromatic N) is 3. The van der Waals surface area contributed by atoms with Crippen molar-refractivity contribution in [3.63, 3.8) is 0 Å². The summed E-state index contributed by atoms with van der Waals surface area (Å²) >= 11 is 0. The molecule has 1 aromatic carbocycles. The van der Waals surface area contributed by atoms with Gasteiger partial charge >= 0.3 is 0 Å². The summed E-state index contributed by atoms with van der Waals surface area (Å²) in [4.78, 5) is 23.7. The minimum absolute atomic E-state index is 0.0637. The zero-order valence-electron chi connectivity index (χ0n) is 16.6. The second-order valence-electron chi connectivity index (χ2n) is 7.80. The third-order valence-corrected chi connectivity index (χ3v) is 5.80. The van der Waals surface area contributed by atoms with Crippen molar-refractivity contribution in [2.24, 2.45) is 0 Å². The van der Waals surface area contributed by atoms with E-state index in [1.807, 2.05) is 42.5 Å². The van der Waals surface area contributed by atoms with E-state index in [4.69, 9.17) is 9.47 Å². The van der Waals surface area contributed by atoms with Gasteiger partial charge in [0.25, 0.3) is 5.91 Å². The average Bonchev–Trinajstić information content (AvgIpc) is 3.05. The van der Waals surface area contributed by atoms with Crippen molar-refractivity contribution in [1.82, 2.24) is 14.9 Å². The lowest BCUT2D eigenvalue weighted by atomic mass is 9.98. The Morgan fingerprint density at radius 1 is 0.933 bits per heavy atom. The summed E-state index contributed by atoms with van der Waals surface area (Å²) in [6, 6.07) is 17.1. The molecule has 6 nitrogen and oxygen atoms in total. The number of pyridine rings is 2. The molecule has 0 saturated carbocycles. The van der Waals surface area contributed by atoms with E-state index in [0.29, 0.717) is 17.2 Å². The lowest BCUT2D eigenvalue weighted by molar-refractivity contribution is 0.0358. The number of ether oxygens (including phenoxy) is 2. The predicted octanol–water partition coefficient (Wildman–Crippen LogP) is 4.48. The molecule has 2 aliphatic rings. The molecule has 2 saturated heterocycles. The highest BCUT2D eigenvalue weighted by molar-refractivity contribution is 5.95. The number of hydrogen-bond donors (Lipinski definition) is 0. The maximum absolute atomic E-state index is 13.3. The Kier molecular flexibility index (Phi) is 5.05. The quantitative estimate of drug-likeness (QED) is 0.631. The molecule has 0 radical (unpaired) electrons. The van der Waals surface area contributed by atoms with Crippen molar-refractivity contribution in [1.29, 1.82) is 0 Å². The first-order valence-electron chi connectivity index (χ1n) is 10.3. The first-order valence-corrected chi connectivity index (χ1v) is 10.3. The van der Waals surface area contributed by atoms with E-state index in [1.165, 1.54) is 0 Å². The van der Waals surface area contributed by atoms with Gasteiger partial charge in [-0.05, 0) is 49.2 Å². The predicted molar refractivity (Wildman–Crippen MR) is 112 cm³/mol. The molecule has 2 fully saturated rings. The van der Waals surface area contributed by atoms with Crippen LogP contribution in [0.2, 0.25) is 0 Å². The molecule has 4 heterocycles. The highest BCUT2D eigenvalue weighted by atomic mass is 16.5. The van der Waals surface area contributed by atoms with E-state index in [9.17, 15) is 4.79 Å². The highest BCUT2D eigenvalue weighted by Crippen LogP contribution is 2.38. The fourth-order valence-corrected chi connectivity index (χ4v) is 4.53. The molecule has 1 amide bonds. The summed E-state index contributed by atoms with van der Waals surface area (Å²) in [5.41, 5.74) is 0.645. The first kappa shape index (κ1) is 18.6. The van der Waals surface area contributed by atoms with Crippen molar-refractivity contribution >= 4 is 5.91 Å². The van der Waals surface area contributed by atoms with Crippen LogP contribution < -0.4 is 9.47 Å². The molecule has 3 aromatic rings. The molecule has 5 rings (SSSR count). The summed E-state index contributed by atoms with van der Waals surface area (Å²) in [5, 5.41) is 0. The molecular weight excluding hydrogens is 378 g/mol. The zero-order chi connectivity index (χ0) is 20.3. The van der Waals surface area contributed by atoms with Gasteiger partial charge in [-0.3, -0.25) is 9.78 Å². The van der Waals surface area contributed by atoms with Gasteiger partial charge in [-0.15, -0.1) is 0 Å². The van der Waals surface area contributed by atoms with Gasteiger partial charge < -0.3 is 14.4 Å². The first-order chi connectivity index (χ1) is 14.8. The van der Waals surface area contributed by atoms with Crippen molar-refractivity contribution in [3.8, 4) is 17.4 Å². The van der Waals surface area contributed by atoms with Crippen LogP contribution in [0.15, 0.2) is 73.2 Å².